The van der Waals surface area contributed by atoms with Crippen LogP contribution < -0.4 is 10.2 Å². The van der Waals surface area contributed by atoms with Crippen LogP contribution in [0.1, 0.15) is 35.7 Å². The van der Waals surface area contributed by atoms with Crippen molar-refractivity contribution < 1.29 is 14.7 Å². The highest BCUT2D eigenvalue weighted by Gasteiger charge is 2.31. The Bertz CT molecular complexity index is 751. The van der Waals surface area contributed by atoms with E-state index in [1.807, 2.05) is 35.2 Å². The molecule has 3 rings (SSSR count). The van der Waals surface area contributed by atoms with Gasteiger partial charge in [-0.1, -0.05) is 12.1 Å². The van der Waals surface area contributed by atoms with E-state index in [4.69, 9.17) is 5.11 Å². The Balaban J connectivity index is 1.65. The van der Waals surface area contributed by atoms with Crippen LogP contribution in [0, 0.1) is 0 Å². The summed E-state index contributed by atoms with van der Waals surface area (Å²) >= 11 is 0. The normalized spacial score (nSPS) is 13.4. The van der Waals surface area contributed by atoms with Crippen LogP contribution in [0.5, 0.6) is 0 Å². The third-order valence-corrected chi connectivity index (χ3v) is 4.07. The van der Waals surface area contributed by atoms with E-state index in [1.54, 1.807) is 25.1 Å². The zero-order valence-electron chi connectivity index (χ0n) is 13.5. The van der Waals surface area contributed by atoms with E-state index in [1.165, 1.54) is 0 Å². The number of carbonyl (C=O) groups excluding carboxylic acids is 1. The molecule has 124 valence electrons. The van der Waals surface area contributed by atoms with E-state index in [0.717, 1.165) is 29.8 Å². The largest absolute Gasteiger partial charge is 0.478 e. The topological polar surface area (TPSA) is 69.6 Å². The van der Waals surface area contributed by atoms with Crippen LogP contribution in [0.15, 0.2) is 48.5 Å². The zero-order valence-corrected chi connectivity index (χ0v) is 13.5. The molecule has 0 saturated heterocycles. The number of rotatable bonds is 6. The third-order valence-electron chi connectivity index (χ3n) is 4.07. The number of amides is 1. The van der Waals surface area contributed by atoms with Gasteiger partial charge in [-0.05, 0) is 54.8 Å². The van der Waals surface area contributed by atoms with Crippen LogP contribution in [-0.4, -0.2) is 23.0 Å². The van der Waals surface area contributed by atoms with Gasteiger partial charge in [-0.25, -0.2) is 4.79 Å². The van der Waals surface area contributed by atoms with Gasteiger partial charge in [0.2, 0.25) is 5.91 Å². The van der Waals surface area contributed by atoms with E-state index in [2.05, 4.69) is 5.32 Å². The van der Waals surface area contributed by atoms with Crippen LogP contribution in [0.2, 0.25) is 0 Å². The maximum atomic E-state index is 11.8. The van der Waals surface area contributed by atoms with Crippen LogP contribution in [0.25, 0.3) is 0 Å². The first-order valence-corrected chi connectivity index (χ1v) is 8.00. The number of anilines is 2. The predicted octanol–water partition coefficient (Wildman–Crippen LogP) is 3.51. The zero-order chi connectivity index (χ0) is 17.1. The van der Waals surface area contributed by atoms with Crippen LogP contribution in [0.3, 0.4) is 0 Å². The number of carbonyl (C=O) groups is 2. The highest BCUT2D eigenvalue weighted by Crippen LogP contribution is 2.32. The summed E-state index contributed by atoms with van der Waals surface area (Å²) in [6, 6.07) is 15.0. The summed E-state index contributed by atoms with van der Waals surface area (Å²) in [5.74, 6) is -0.853. The van der Waals surface area contributed by atoms with E-state index >= 15 is 0 Å². The quantitative estimate of drug-likeness (QED) is 0.853. The maximum Gasteiger partial charge on any atom is 0.335 e. The Morgan fingerprint density at radius 1 is 1.17 bits per heavy atom. The summed E-state index contributed by atoms with van der Waals surface area (Å²) in [6.07, 6.45) is 2.14. The van der Waals surface area contributed by atoms with Crippen molar-refractivity contribution in [2.24, 2.45) is 0 Å². The first-order chi connectivity index (χ1) is 11.5. The van der Waals surface area contributed by atoms with Gasteiger partial charge in [0.1, 0.15) is 0 Å². The van der Waals surface area contributed by atoms with Crippen molar-refractivity contribution in [3.05, 3.63) is 59.7 Å². The molecule has 0 unspecified atom stereocenters. The molecule has 24 heavy (non-hydrogen) atoms. The second-order valence-electron chi connectivity index (χ2n) is 6.03. The van der Waals surface area contributed by atoms with Crippen molar-refractivity contribution >= 4 is 23.3 Å². The molecule has 1 aliphatic carbocycles. The summed E-state index contributed by atoms with van der Waals surface area (Å²) in [6.45, 7) is 2.14. The SMILES string of the molecule is CC(=O)N(c1ccc(NCc2cccc(C(=O)O)c2)cc1)C1CC1. The molecular weight excluding hydrogens is 304 g/mol. The highest BCUT2D eigenvalue weighted by atomic mass is 16.4. The lowest BCUT2D eigenvalue weighted by molar-refractivity contribution is -0.116. The van der Waals surface area contributed by atoms with Gasteiger partial charge in [0.25, 0.3) is 0 Å². The monoisotopic (exact) mass is 324 g/mol. The molecule has 1 fully saturated rings. The molecule has 0 aromatic heterocycles. The van der Waals surface area contributed by atoms with Gasteiger partial charge < -0.3 is 15.3 Å². The maximum absolute atomic E-state index is 11.8. The Labute approximate surface area is 140 Å². The van der Waals surface area contributed by atoms with E-state index in [-0.39, 0.29) is 11.5 Å². The average molecular weight is 324 g/mol. The molecule has 1 amide bonds. The number of carboxylic acid groups (broad SMARTS) is 1. The number of benzene rings is 2. The molecule has 0 aliphatic heterocycles. The first kappa shape index (κ1) is 16.1. The van der Waals surface area contributed by atoms with Crippen molar-refractivity contribution in [2.75, 3.05) is 10.2 Å². The summed E-state index contributed by atoms with van der Waals surface area (Å²) in [5, 5.41) is 12.3. The molecule has 0 radical (unpaired) electrons. The van der Waals surface area contributed by atoms with Crippen molar-refractivity contribution in [3.63, 3.8) is 0 Å². The molecule has 1 aliphatic rings. The van der Waals surface area contributed by atoms with Crippen LogP contribution >= 0.6 is 0 Å². The minimum Gasteiger partial charge on any atom is -0.478 e. The van der Waals surface area contributed by atoms with Crippen molar-refractivity contribution in [1.29, 1.82) is 0 Å². The van der Waals surface area contributed by atoms with Crippen LogP contribution in [-0.2, 0) is 11.3 Å². The van der Waals surface area contributed by atoms with Crippen molar-refractivity contribution in [1.82, 2.24) is 0 Å². The minimum absolute atomic E-state index is 0.0729. The molecule has 5 nitrogen and oxygen atoms in total. The van der Waals surface area contributed by atoms with Crippen LogP contribution in [0.4, 0.5) is 11.4 Å². The molecule has 1 saturated carbocycles. The number of hydrogen-bond acceptors (Lipinski definition) is 3. The number of hydrogen-bond donors (Lipinski definition) is 2. The molecule has 2 aromatic carbocycles. The van der Waals surface area contributed by atoms with Gasteiger partial charge in [0, 0.05) is 30.9 Å². The summed E-state index contributed by atoms with van der Waals surface area (Å²) in [5.41, 5.74) is 3.04. The van der Waals surface area contributed by atoms with Gasteiger partial charge in [-0.2, -0.15) is 0 Å². The fourth-order valence-corrected chi connectivity index (χ4v) is 2.74. The Hall–Kier alpha value is -2.82. The molecule has 5 heteroatoms. The second kappa shape index (κ2) is 6.74. The standard InChI is InChI=1S/C19H20N2O3/c1-13(22)21(18-9-10-18)17-7-5-16(6-8-17)20-12-14-3-2-4-15(11-14)19(23)24/h2-8,11,18,20H,9-10,12H2,1H3,(H,23,24). The Kier molecular flexibility index (Phi) is 4.51. The van der Waals surface area contributed by atoms with E-state index in [9.17, 15) is 9.59 Å². The lowest BCUT2D eigenvalue weighted by atomic mass is 10.1. The lowest BCUT2D eigenvalue weighted by Gasteiger charge is -2.21. The van der Waals surface area contributed by atoms with Crippen molar-refractivity contribution in [3.8, 4) is 0 Å². The summed E-state index contributed by atoms with van der Waals surface area (Å²) in [4.78, 5) is 24.6. The summed E-state index contributed by atoms with van der Waals surface area (Å²) in [7, 11) is 0. The molecule has 0 heterocycles. The molecular formula is C19H20N2O3. The van der Waals surface area contributed by atoms with Gasteiger partial charge in [-0.15, -0.1) is 0 Å². The van der Waals surface area contributed by atoms with E-state index < -0.39 is 5.97 Å². The molecule has 2 aromatic rings. The molecule has 2 N–H and O–H groups in total. The average Bonchev–Trinajstić information content (AvgIpc) is 3.39. The number of aromatic carboxylic acids is 1. The molecule has 0 spiro atoms. The molecule has 0 atom stereocenters. The Morgan fingerprint density at radius 2 is 1.88 bits per heavy atom. The van der Waals surface area contributed by atoms with Gasteiger partial charge in [-0.3, -0.25) is 4.79 Å². The fourth-order valence-electron chi connectivity index (χ4n) is 2.74. The number of nitrogens with one attached hydrogen (secondary N) is 1. The predicted molar refractivity (Wildman–Crippen MR) is 93.4 cm³/mol. The lowest BCUT2D eigenvalue weighted by Crippen LogP contribution is -2.30. The van der Waals surface area contributed by atoms with Gasteiger partial charge in [0.05, 0.1) is 5.56 Å². The second-order valence-corrected chi connectivity index (χ2v) is 6.03. The minimum atomic E-state index is -0.925. The Morgan fingerprint density at radius 3 is 2.46 bits per heavy atom. The smallest absolute Gasteiger partial charge is 0.335 e. The van der Waals surface area contributed by atoms with Gasteiger partial charge >= 0.3 is 5.97 Å². The third kappa shape index (κ3) is 3.74. The molecule has 0 bridgehead atoms. The first-order valence-electron chi connectivity index (χ1n) is 8.00. The fraction of sp³-hybridized carbons (Fsp3) is 0.263. The van der Waals surface area contributed by atoms with Crippen molar-refractivity contribution in [2.45, 2.75) is 32.4 Å². The van der Waals surface area contributed by atoms with Gasteiger partial charge in [0.15, 0.2) is 0 Å². The number of nitrogens with zero attached hydrogens (tertiary/aromatic N) is 1. The highest BCUT2D eigenvalue weighted by molar-refractivity contribution is 5.92. The van der Waals surface area contributed by atoms with E-state index in [0.29, 0.717) is 12.6 Å². The number of carboxylic acids is 1. The summed E-state index contributed by atoms with van der Waals surface area (Å²) < 4.78 is 0.